The molecular weight excluding hydrogens is 404 g/mol. The summed E-state index contributed by atoms with van der Waals surface area (Å²) in [7, 11) is 0. The Hall–Kier alpha value is -1.92. The number of nitro groups is 1. The predicted molar refractivity (Wildman–Crippen MR) is 131 cm³/mol. The molecule has 1 amide bonds. The Labute approximate surface area is 194 Å². The van der Waals surface area contributed by atoms with Crippen LogP contribution in [0.15, 0.2) is 6.20 Å². The molecule has 184 valence electrons. The third-order valence-electron chi connectivity index (χ3n) is 6.04. The van der Waals surface area contributed by atoms with Crippen LogP contribution in [0, 0.1) is 17.0 Å². The minimum absolute atomic E-state index is 0.00132. The normalized spacial score (nSPS) is 11.1. The third-order valence-corrected chi connectivity index (χ3v) is 6.04. The van der Waals surface area contributed by atoms with Gasteiger partial charge in [0.2, 0.25) is 5.91 Å². The summed E-state index contributed by atoms with van der Waals surface area (Å²) >= 11 is 0. The number of carbonyl (C=O) groups excluding carboxylic acids is 1. The van der Waals surface area contributed by atoms with Gasteiger partial charge in [-0.2, -0.15) is 5.10 Å². The molecule has 0 saturated carbocycles. The molecule has 7 nitrogen and oxygen atoms in total. The molecule has 1 aromatic heterocycles. The number of aromatic nitrogens is 2. The Bertz CT molecular complexity index is 631. The molecule has 0 bridgehead atoms. The van der Waals surface area contributed by atoms with Crippen molar-refractivity contribution >= 4 is 11.6 Å². The van der Waals surface area contributed by atoms with E-state index in [9.17, 15) is 14.9 Å². The highest BCUT2D eigenvalue weighted by Gasteiger charge is 2.15. The lowest BCUT2D eigenvalue weighted by Gasteiger charge is -2.06. The van der Waals surface area contributed by atoms with Crippen molar-refractivity contribution in [3.63, 3.8) is 0 Å². The molecule has 0 saturated heterocycles. The quantitative estimate of drug-likeness (QED) is 0.126. The third kappa shape index (κ3) is 14.2. The van der Waals surface area contributed by atoms with Crippen molar-refractivity contribution in [1.29, 1.82) is 0 Å². The lowest BCUT2D eigenvalue weighted by atomic mass is 10.0. The molecule has 0 fully saturated rings. The van der Waals surface area contributed by atoms with Crippen molar-refractivity contribution in [1.82, 2.24) is 15.1 Å². The summed E-state index contributed by atoms with van der Waals surface area (Å²) in [5.41, 5.74) is 0.377. The molecule has 1 aromatic rings. The molecule has 32 heavy (non-hydrogen) atoms. The maximum absolute atomic E-state index is 11.9. The number of hydrogen-bond acceptors (Lipinski definition) is 4. The summed E-state index contributed by atoms with van der Waals surface area (Å²) in [5.74, 6) is -0.0261. The molecule has 0 atom stereocenters. The Balaban J connectivity index is 1.84. The van der Waals surface area contributed by atoms with E-state index in [1.54, 1.807) is 6.92 Å². The number of rotatable bonds is 21. The van der Waals surface area contributed by atoms with Crippen LogP contribution in [-0.4, -0.2) is 27.2 Å². The fraction of sp³-hybridized carbons (Fsp3) is 0.840. The largest absolute Gasteiger partial charge is 0.356 e. The molecule has 0 aromatic carbocycles. The number of nitrogens with zero attached hydrogens (tertiary/aromatic N) is 3. The second-order valence-corrected chi connectivity index (χ2v) is 9.02. The molecule has 1 rings (SSSR count). The standard InChI is InChI=1S/C25H46N4O3/c1-3-4-5-6-7-8-9-10-11-12-13-14-15-16-17-18-20-26-25(30)19-21-28-22-24(29(31)32)23(2)27-28/h22H,3-21H2,1-2H3,(H,26,30). The van der Waals surface area contributed by atoms with Gasteiger partial charge in [0, 0.05) is 19.5 Å². The first-order valence-corrected chi connectivity index (χ1v) is 13.0. The van der Waals surface area contributed by atoms with Gasteiger partial charge >= 0.3 is 5.69 Å². The predicted octanol–water partition coefficient (Wildman–Crippen LogP) is 6.87. The molecule has 0 spiro atoms. The molecule has 7 heteroatoms. The van der Waals surface area contributed by atoms with E-state index in [-0.39, 0.29) is 18.0 Å². The van der Waals surface area contributed by atoms with Gasteiger partial charge in [-0.05, 0) is 13.3 Å². The summed E-state index contributed by atoms with van der Waals surface area (Å²) < 4.78 is 1.47. The second-order valence-electron chi connectivity index (χ2n) is 9.02. The number of aryl methyl sites for hydroxylation is 2. The molecule has 0 aliphatic carbocycles. The Morgan fingerprint density at radius 3 is 1.81 bits per heavy atom. The highest BCUT2D eigenvalue weighted by molar-refractivity contribution is 5.75. The average Bonchev–Trinajstić information content (AvgIpc) is 3.15. The van der Waals surface area contributed by atoms with E-state index in [1.807, 2.05) is 0 Å². The van der Waals surface area contributed by atoms with Crippen LogP contribution in [0.25, 0.3) is 0 Å². The maximum Gasteiger partial charge on any atom is 0.309 e. The van der Waals surface area contributed by atoms with Crippen LogP contribution in [0.4, 0.5) is 5.69 Å². The van der Waals surface area contributed by atoms with Crippen LogP contribution in [0.3, 0.4) is 0 Å². The van der Waals surface area contributed by atoms with Crippen molar-refractivity contribution in [2.24, 2.45) is 0 Å². The fourth-order valence-corrected chi connectivity index (χ4v) is 4.01. The molecule has 0 unspecified atom stereocenters. The van der Waals surface area contributed by atoms with Gasteiger partial charge in [0.15, 0.2) is 0 Å². The van der Waals surface area contributed by atoms with Crippen molar-refractivity contribution in [3.8, 4) is 0 Å². The highest BCUT2D eigenvalue weighted by Crippen LogP contribution is 2.15. The van der Waals surface area contributed by atoms with Gasteiger partial charge in [0.05, 0.1) is 4.92 Å². The van der Waals surface area contributed by atoms with E-state index >= 15 is 0 Å². The number of amides is 1. The van der Waals surface area contributed by atoms with Gasteiger partial charge in [0.25, 0.3) is 0 Å². The van der Waals surface area contributed by atoms with Crippen molar-refractivity contribution in [3.05, 3.63) is 22.0 Å². The zero-order chi connectivity index (χ0) is 23.4. The average molecular weight is 451 g/mol. The summed E-state index contributed by atoms with van der Waals surface area (Å²) in [6.07, 6.45) is 23.1. The van der Waals surface area contributed by atoms with Gasteiger partial charge in [-0.15, -0.1) is 0 Å². The first-order valence-electron chi connectivity index (χ1n) is 13.0. The zero-order valence-electron chi connectivity index (χ0n) is 20.6. The minimum Gasteiger partial charge on any atom is -0.356 e. The highest BCUT2D eigenvalue weighted by atomic mass is 16.6. The van der Waals surface area contributed by atoms with Gasteiger partial charge in [-0.25, -0.2) is 0 Å². The van der Waals surface area contributed by atoms with Gasteiger partial charge < -0.3 is 5.32 Å². The van der Waals surface area contributed by atoms with Crippen molar-refractivity contribution in [2.75, 3.05) is 6.54 Å². The summed E-state index contributed by atoms with van der Waals surface area (Å²) in [6, 6.07) is 0. The maximum atomic E-state index is 11.9. The first-order chi connectivity index (χ1) is 15.5. The topological polar surface area (TPSA) is 90.1 Å². The van der Waals surface area contributed by atoms with E-state index in [0.29, 0.717) is 18.8 Å². The Kier molecular flexibility index (Phi) is 16.4. The van der Waals surface area contributed by atoms with Crippen LogP contribution >= 0.6 is 0 Å². The van der Waals surface area contributed by atoms with Crippen LogP contribution in [0.1, 0.15) is 122 Å². The van der Waals surface area contributed by atoms with Crippen molar-refractivity contribution < 1.29 is 9.72 Å². The van der Waals surface area contributed by atoms with E-state index in [0.717, 1.165) is 12.8 Å². The Morgan fingerprint density at radius 2 is 1.38 bits per heavy atom. The monoisotopic (exact) mass is 450 g/mol. The number of hydrogen-bond donors (Lipinski definition) is 1. The van der Waals surface area contributed by atoms with Crippen LogP contribution in [-0.2, 0) is 11.3 Å². The van der Waals surface area contributed by atoms with Crippen LogP contribution < -0.4 is 5.32 Å². The van der Waals surface area contributed by atoms with Gasteiger partial charge in [-0.1, -0.05) is 103 Å². The first kappa shape index (κ1) is 28.1. The summed E-state index contributed by atoms with van der Waals surface area (Å²) in [5, 5.41) is 17.8. The lowest BCUT2D eigenvalue weighted by Crippen LogP contribution is -2.25. The molecule has 1 N–H and O–H groups in total. The fourth-order valence-electron chi connectivity index (χ4n) is 4.01. The van der Waals surface area contributed by atoms with E-state index in [2.05, 4.69) is 17.3 Å². The SMILES string of the molecule is CCCCCCCCCCCCCCCCCCNC(=O)CCn1cc([N+](=O)[O-])c(C)n1. The van der Waals surface area contributed by atoms with E-state index in [4.69, 9.17) is 0 Å². The lowest BCUT2D eigenvalue weighted by molar-refractivity contribution is -0.385. The van der Waals surface area contributed by atoms with E-state index < -0.39 is 4.92 Å². The zero-order valence-corrected chi connectivity index (χ0v) is 20.6. The number of carbonyl (C=O) groups is 1. The smallest absolute Gasteiger partial charge is 0.309 e. The van der Waals surface area contributed by atoms with Crippen LogP contribution in [0.2, 0.25) is 0 Å². The molecular formula is C25H46N4O3. The number of nitrogens with one attached hydrogen (secondary N) is 1. The van der Waals surface area contributed by atoms with Crippen LogP contribution in [0.5, 0.6) is 0 Å². The van der Waals surface area contributed by atoms with Crippen molar-refractivity contribution in [2.45, 2.75) is 130 Å². The van der Waals surface area contributed by atoms with Gasteiger partial charge in [0.1, 0.15) is 11.9 Å². The molecule has 1 heterocycles. The molecule has 0 aliphatic heterocycles. The minimum atomic E-state index is -0.448. The molecule has 0 aliphatic rings. The summed E-state index contributed by atoms with van der Waals surface area (Å²) in [4.78, 5) is 22.3. The summed E-state index contributed by atoms with van der Waals surface area (Å²) in [6.45, 7) is 4.94. The van der Waals surface area contributed by atoms with E-state index in [1.165, 1.54) is 101 Å². The van der Waals surface area contributed by atoms with Gasteiger partial charge in [-0.3, -0.25) is 19.6 Å². The number of unbranched alkanes of at least 4 members (excludes halogenated alkanes) is 15. The molecule has 0 radical (unpaired) electrons. The Morgan fingerprint density at radius 1 is 0.906 bits per heavy atom. The second kappa shape index (κ2) is 18.6.